The minimum absolute atomic E-state index is 0.00352. The molecular weight excluding hydrogens is 439 g/mol. The van der Waals surface area contributed by atoms with Gasteiger partial charge in [-0.3, -0.25) is 4.79 Å². The van der Waals surface area contributed by atoms with Gasteiger partial charge in [0.2, 0.25) is 15.9 Å². The predicted octanol–water partition coefficient (Wildman–Crippen LogP) is 4.68. The van der Waals surface area contributed by atoms with E-state index in [1.165, 1.54) is 16.4 Å². The van der Waals surface area contributed by atoms with Crippen LogP contribution in [0, 0.1) is 5.92 Å². The SMILES string of the molecule is CC(c1cccs1)N(C)C(=O)C1CCN(S(=O)(=O)c2c(Cl)cccc2Cl)CC1. The van der Waals surface area contributed by atoms with Crippen molar-refractivity contribution in [1.82, 2.24) is 9.21 Å². The number of nitrogens with zero attached hydrogens (tertiary/aromatic N) is 2. The average molecular weight is 461 g/mol. The van der Waals surface area contributed by atoms with Crippen LogP contribution < -0.4 is 0 Å². The smallest absolute Gasteiger partial charge is 0.246 e. The first-order chi connectivity index (χ1) is 13.2. The lowest BCUT2D eigenvalue weighted by molar-refractivity contribution is -0.137. The molecule has 3 rings (SSSR count). The van der Waals surface area contributed by atoms with Crippen molar-refractivity contribution in [1.29, 1.82) is 0 Å². The van der Waals surface area contributed by atoms with E-state index in [1.807, 2.05) is 24.4 Å². The van der Waals surface area contributed by atoms with Crippen LogP contribution in [0.4, 0.5) is 0 Å². The normalized spacial score (nSPS) is 17.4. The van der Waals surface area contributed by atoms with Gasteiger partial charge < -0.3 is 4.90 Å². The number of sulfonamides is 1. The Morgan fingerprint density at radius 1 is 1.18 bits per heavy atom. The van der Waals surface area contributed by atoms with Gasteiger partial charge in [-0.15, -0.1) is 11.3 Å². The fourth-order valence-electron chi connectivity index (χ4n) is 3.40. The summed E-state index contributed by atoms with van der Waals surface area (Å²) in [5.41, 5.74) is 0. The van der Waals surface area contributed by atoms with Crippen LogP contribution >= 0.6 is 34.5 Å². The molecule has 1 aliphatic heterocycles. The Bertz CT molecular complexity index is 920. The molecule has 0 saturated carbocycles. The van der Waals surface area contributed by atoms with Crippen molar-refractivity contribution in [3.63, 3.8) is 0 Å². The van der Waals surface area contributed by atoms with Crippen LogP contribution in [0.25, 0.3) is 0 Å². The van der Waals surface area contributed by atoms with Gasteiger partial charge in [0.1, 0.15) is 4.90 Å². The Balaban J connectivity index is 1.68. The lowest BCUT2D eigenvalue weighted by Crippen LogP contribution is -2.44. The highest BCUT2D eigenvalue weighted by atomic mass is 35.5. The number of piperidine rings is 1. The third-order valence-electron chi connectivity index (χ3n) is 5.20. The quantitative estimate of drug-likeness (QED) is 0.650. The summed E-state index contributed by atoms with van der Waals surface area (Å²) in [7, 11) is -1.99. The standard InChI is InChI=1S/C19H22Cl2N2O3S2/c1-13(17-7-4-12-27-17)22(2)19(24)14-8-10-23(11-9-14)28(25,26)18-15(20)5-3-6-16(18)21/h3-7,12-14H,8-11H2,1-2H3. The van der Waals surface area contributed by atoms with Gasteiger partial charge in [-0.05, 0) is 43.3 Å². The minimum Gasteiger partial charge on any atom is -0.338 e. The summed E-state index contributed by atoms with van der Waals surface area (Å²) in [6.07, 6.45) is 0.948. The van der Waals surface area contributed by atoms with Crippen molar-refractivity contribution in [3.05, 3.63) is 50.6 Å². The maximum absolute atomic E-state index is 13.0. The highest BCUT2D eigenvalue weighted by Crippen LogP contribution is 2.34. The van der Waals surface area contributed by atoms with Crippen LogP contribution in [0.5, 0.6) is 0 Å². The van der Waals surface area contributed by atoms with Gasteiger partial charge in [-0.25, -0.2) is 8.42 Å². The van der Waals surface area contributed by atoms with E-state index in [9.17, 15) is 13.2 Å². The van der Waals surface area contributed by atoms with Crippen LogP contribution in [0.15, 0.2) is 40.6 Å². The van der Waals surface area contributed by atoms with Crippen LogP contribution in [0.2, 0.25) is 10.0 Å². The molecule has 0 radical (unpaired) electrons. The largest absolute Gasteiger partial charge is 0.338 e. The van der Waals surface area contributed by atoms with Gasteiger partial charge in [0.15, 0.2) is 0 Å². The van der Waals surface area contributed by atoms with Crippen LogP contribution in [0.3, 0.4) is 0 Å². The lowest BCUT2D eigenvalue weighted by Gasteiger charge is -2.34. The summed E-state index contributed by atoms with van der Waals surface area (Å²) < 4.78 is 27.3. The van der Waals surface area contributed by atoms with Crippen LogP contribution in [-0.4, -0.2) is 43.7 Å². The van der Waals surface area contributed by atoms with Crippen molar-refractivity contribution in [3.8, 4) is 0 Å². The molecule has 1 unspecified atom stereocenters. The second kappa shape index (κ2) is 8.71. The lowest BCUT2D eigenvalue weighted by atomic mass is 9.96. The number of halogens is 2. The summed E-state index contributed by atoms with van der Waals surface area (Å²) in [5.74, 6) is -0.144. The van der Waals surface area contributed by atoms with Crippen molar-refractivity contribution >= 4 is 50.5 Å². The maximum Gasteiger partial charge on any atom is 0.246 e. The molecule has 5 nitrogen and oxygen atoms in total. The minimum atomic E-state index is -3.80. The number of amides is 1. The zero-order chi connectivity index (χ0) is 20.5. The fourth-order valence-corrected chi connectivity index (χ4v) is 6.79. The molecule has 1 atom stereocenters. The van der Waals surface area contributed by atoms with E-state index >= 15 is 0 Å². The van der Waals surface area contributed by atoms with Crippen molar-refractivity contribution in [2.75, 3.05) is 20.1 Å². The summed E-state index contributed by atoms with van der Waals surface area (Å²) in [6, 6.07) is 8.62. The molecule has 28 heavy (non-hydrogen) atoms. The van der Waals surface area contributed by atoms with E-state index in [0.717, 1.165) is 4.88 Å². The Morgan fingerprint density at radius 3 is 2.32 bits per heavy atom. The Hall–Kier alpha value is -1.12. The van der Waals surface area contributed by atoms with E-state index < -0.39 is 10.0 Å². The molecule has 1 aromatic heterocycles. The second-order valence-corrected chi connectivity index (χ2v) is 10.5. The molecular formula is C19H22Cl2N2O3S2. The summed E-state index contributed by atoms with van der Waals surface area (Å²) in [4.78, 5) is 15.7. The van der Waals surface area contributed by atoms with E-state index in [4.69, 9.17) is 23.2 Å². The number of benzene rings is 1. The van der Waals surface area contributed by atoms with Gasteiger partial charge in [0.05, 0.1) is 16.1 Å². The molecule has 9 heteroatoms. The van der Waals surface area contributed by atoms with Gasteiger partial charge in [0.25, 0.3) is 0 Å². The summed E-state index contributed by atoms with van der Waals surface area (Å²) in [5, 5.41) is 2.21. The number of rotatable bonds is 5. The number of carbonyl (C=O) groups excluding carboxylic acids is 1. The molecule has 2 aromatic rings. The van der Waals surface area contributed by atoms with E-state index in [2.05, 4.69) is 0 Å². The van der Waals surface area contributed by atoms with E-state index in [-0.39, 0.29) is 45.9 Å². The molecule has 1 aliphatic rings. The third-order valence-corrected chi connectivity index (χ3v) is 9.10. The molecule has 152 valence electrons. The number of carbonyl (C=O) groups is 1. The van der Waals surface area contributed by atoms with Crippen molar-refractivity contribution in [2.45, 2.75) is 30.7 Å². The zero-order valence-electron chi connectivity index (χ0n) is 15.6. The van der Waals surface area contributed by atoms with Gasteiger partial charge in [-0.2, -0.15) is 4.31 Å². The first-order valence-corrected chi connectivity index (χ1v) is 12.0. The first-order valence-electron chi connectivity index (χ1n) is 8.97. The number of hydrogen-bond acceptors (Lipinski definition) is 4. The van der Waals surface area contributed by atoms with Crippen LogP contribution in [0.1, 0.15) is 30.7 Å². The highest BCUT2D eigenvalue weighted by Gasteiger charge is 2.35. The highest BCUT2D eigenvalue weighted by molar-refractivity contribution is 7.89. The molecule has 0 bridgehead atoms. The molecule has 1 amide bonds. The summed E-state index contributed by atoms with van der Waals surface area (Å²) in [6.45, 7) is 2.53. The molecule has 1 saturated heterocycles. The number of hydrogen-bond donors (Lipinski definition) is 0. The number of thiophene rings is 1. The molecule has 0 spiro atoms. The molecule has 1 aromatic carbocycles. The molecule has 1 fully saturated rings. The van der Waals surface area contributed by atoms with E-state index in [0.29, 0.717) is 12.8 Å². The molecule has 0 N–H and O–H groups in total. The Morgan fingerprint density at radius 2 is 1.79 bits per heavy atom. The van der Waals surface area contributed by atoms with Gasteiger partial charge in [-0.1, -0.05) is 35.3 Å². The zero-order valence-corrected chi connectivity index (χ0v) is 18.8. The van der Waals surface area contributed by atoms with Gasteiger partial charge >= 0.3 is 0 Å². The topological polar surface area (TPSA) is 57.7 Å². The second-order valence-electron chi connectivity index (χ2n) is 6.87. The average Bonchev–Trinajstić information content (AvgIpc) is 3.21. The summed E-state index contributed by atoms with van der Waals surface area (Å²) >= 11 is 13.8. The van der Waals surface area contributed by atoms with Crippen molar-refractivity contribution in [2.24, 2.45) is 5.92 Å². The third kappa shape index (κ3) is 4.24. The Labute approximate surface area is 179 Å². The van der Waals surface area contributed by atoms with E-state index in [1.54, 1.807) is 29.4 Å². The Kier molecular flexibility index (Phi) is 6.72. The maximum atomic E-state index is 13.0. The molecule has 0 aliphatic carbocycles. The van der Waals surface area contributed by atoms with Crippen LogP contribution in [-0.2, 0) is 14.8 Å². The predicted molar refractivity (Wildman–Crippen MR) is 113 cm³/mol. The fraction of sp³-hybridized carbons (Fsp3) is 0.421. The first kappa shape index (κ1) is 21.6. The van der Waals surface area contributed by atoms with Crippen molar-refractivity contribution < 1.29 is 13.2 Å². The van der Waals surface area contributed by atoms with Gasteiger partial charge in [0, 0.05) is 30.9 Å². The monoisotopic (exact) mass is 460 g/mol. The molecule has 2 heterocycles.